The fourth-order valence-electron chi connectivity index (χ4n) is 4.51. The SMILES string of the molecule is CNC(=O)c1ccccc1Nc1nc(Nc2ccc3c(c2)CN(Cc2ccc(OC)cc2)CC3)ncc1Br. The zero-order chi connectivity index (χ0) is 26.5. The summed E-state index contributed by atoms with van der Waals surface area (Å²) >= 11 is 3.51. The summed E-state index contributed by atoms with van der Waals surface area (Å²) in [6.45, 7) is 2.79. The van der Waals surface area contributed by atoms with Crippen LogP contribution in [-0.2, 0) is 19.5 Å². The van der Waals surface area contributed by atoms with Crippen LogP contribution in [0.5, 0.6) is 5.75 Å². The molecule has 0 radical (unpaired) electrons. The molecule has 1 amide bonds. The van der Waals surface area contributed by atoms with E-state index in [1.54, 1.807) is 26.4 Å². The number of fused-ring (bicyclic) bond motifs is 1. The molecule has 38 heavy (non-hydrogen) atoms. The van der Waals surface area contributed by atoms with Crippen LogP contribution in [0.25, 0.3) is 0 Å². The van der Waals surface area contributed by atoms with Crippen molar-refractivity contribution in [3.05, 3.63) is 99.7 Å². The maximum atomic E-state index is 12.3. The van der Waals surface area contributed by atoms with E-state index in [4.69, 9.17) is 4.74 Å². The molecule has 8 nitrogen and oxygen atoms in total. The van der Waals surface area contributed by atoms with Crippen molar-refractivity contribution < 1.29 is 9.53 Å². The maximum absolute atomic E-state index is 12.3. The van der Waals surface area contributed by atoms with Crippen molar-refractivity contribution in [3.8, 4) is 5.75 Å². The number of methoxy groups -OCH3 is 1. The molecule has 0 saturated heterocycles. The Kier molecular flexibility index (Phi) is 7.86. The summed E-state index contributed by atoms with van der Waals surface area (Å²) in [6, 6.07) is 22.0. The van der Waals surface area contributed by atoms with E-state index in [0.717, 1.165) is 37.5 Å². The van der Waals surface area contributed by atoms with Gasteiger partial charge in [0.05, 0.1) is 22.8 Å². The van der Waals surface area contributed by atoms with Crippen LogP contribution in [0.3, 0.4) is 0 Å². The first kappa shape index (κ1) is 25.7. The van der Waals surface area contributed by atoms with Gasteiger partial charge in [0, 0.05) is 38.6 Å². The van der Waals surface area contributed by atoms with Crippen LogP contribution in [0.4, 0.5) is 23.1 Å². The number of nitrogens with zero attached hydrogens (tertiary/aromatic N) is 3. The quantitative estimate of drug-likeness (QED) is 0.251. The Balaban J connectivity index is 1.30. The number of para-hydroxylation sites is 1. The highest BCUT2D eigenvalue weighted by Crippen LogP contribution is 2.29. The monoisotopic (exact) mass is 572 g/mol. The smallest absolute Gasteiger partial charge is 0.253 e. The maximum Gasteiger partial charge on any atom is 0.253 e. The van der Waals surface area contributed by atoms with Crippen LogP contribution >= 0.6 is 15.9 Å². The molecule has 0 saturated carbocycles. The number of hydrogen-bond donors (Lipinski definition) is 3. The molecule has 0 unspecified atom stereocenters. The summed E-state index contributed by atoms with van der Waals surface area (Å²) in [5.41, 5.74) is 6.04. The molecule has 0 fully saturated rings. The third-order valence-electron chi connectivity index (χ3n) is 6.51. The average Bonchev–Trinajstić information content (AvgIpc) is 2.95. The van der Waals surface area contributed by atoms with E-state index >= 15 is 0 Å². The molecule has 1 aliphatic heterocycles. The molecule has 9 heteroatoms. The van der Waals surface area contributed by atoms with Crippen LogP contribution in [-0.4, -0.2) is 41.5 Å². The number of amides is 1. The largest absolute Gasteiger partial charge is 0.497 e. The van der Waals surface area contributed by atoms with Gasteiger partial charge in [-0.25, -0.2) is 4.98 Å². The summed E-state index contributed by atoms with van der Waals surface area (Å²) in [6.07, 6.45) is 2.70. The Morgan fingerprint density at radius 2 is 1.87 bits per heavy atom. The lowest BCUT2D eigenvalue weighted by Crippen LogP contribution is -2.30. The summed E-state index contributed by atoms with van der Waals surface area (Å²) in [4.78, 5) is 23.8. The minimum absolute atomic E-state index is 0.174. The number of aromatic nitrogens is 2. The Morgan fingerprint density at radius 1 is 1.05 bits per heavy atom. The van der Waals surface area contributed by atoms with Crippen molar-refractivity contribution in [2.75, 3.05) is 31.3 Å². The zero-order valence-corrected chi connectivity index (χ0v) is 22.9. The summed E-state index contributed by atoms with van der Waals surface area (Å²) < 4.78 is 5.97. The number of ether oxygens (including phenoxy) is 1. The van der Waals surface area contributed by atoms with Crippen molar-refractivity contribution in [1.82, 2.24) is 20.2 Å². The van der Waals surface area contributed by atoms with Crippen LogP contribution < -0.4 is 20.7 Å². The Morgan fingerprint density at radius 3 is 2.66 bits per heavy atom. The number of hydrogen-bond acceptors (Lipinski definition) is 7. The van der Waals surface area contributed by atoms with Gasteiger partial charge in [0.15, 0.2) is 0 Å². The summed E-state index contributed by atoms with van der Waals surface area (Å²) in [5, 5.41) is 9.26. The summed E-state index contributed by atoms with van der Waals surface area (Å²) in [5.74, 6) is 1.71. The standard InChI is InChI=1S/C29H29BrN6O2/c1-31-28(37)24-5-3-4-6-26(24)34-27-25(30)16-32-29(35-27)33-22-10-9-20-13-14-36(18-21(20)15-22)17-19-7-11-23(38-2)12-8-19/h3-12,15-16H,13-14,17-18H2,1-2H3,(H,31,37)(H2,32,33,34,35). The lowest BCUT2D eigenvalue weighted by atomic mass is 9.98. The molecule has 2 heterocycles. The molecule has 0 aliphatic carbocycles. The van der Waals surface area contributed by atoms with E-state index in [-0.39, 0.29) is 5.91 Å². The average molecular weight is 573 g/mol. The predicted octanol–water partition coefficient (Wildman–Crippen LogP) is 5.65. The highest BCUT2D eigenvalue weighted by Gasteiger charge is 2.18. The van der Waals surface area contributed by atoms with Crippen molar-refractivity contribution in [2.45, 2.75) is 19.5 Å². The van der Waals surface area contributed by atoms with Gasteiger partial charge in [0.25, 0.3) is 5.91 Å². The van der Waals surface area contributed by atoms with Gasteiger partial charge in [0.1, 0.15) is 11.6 Å². The molecule has 4 aromatic rings. The van der Waals surface area contributed by atoms with Gasteiger partial charge in [-0.1, -0.05) is 30.3 Å². The third kappa shape index (κ3) is 5.95. The van der Waals surface area contributed by atoms with Crippen LogP contribution in [0.15, 0.2) is 77.4 Å². The highest BCUT2D eigenvalue weighted by molar-refractivity contribution is 9.10. The molecule has 1 aromatic heterocycles. The molecule has 0 atom stereocenters. The Hall–Kier alpha value is -3.95. The zero-order valence-electron chi connectivity index (χ0n) is 21.3. The van der Waals surface area contributed by atoms with E-state index in [1.807, 2.05) is 30.3 Å². The number of benzene rings is 3. The van der Waals surface area contributed by atoms with Crippen LogP contribution in [0.1, 0.15) is 27.0 Å². The third-order valence-corrected chi connectivity index (χ3v) is 7.10. The van der Waals surface area contributed by atoms with Crippen molar-refractivity contribution in [2.24, 2.45) is 0 Å². The molecular formula is C29H29BrN6O2. The number of halogens is 1. The molecule has 0 spiro atoms. The van der Waals surface area contributed by atoms with Gasteiger partial charge in [-0.05, 0) is 75.4 Å². The van der Waals surface area contributed by atoms with Gasteiger partial charge in [-0.15, -0.1) is 0 Å². The normalized spacial score (nSPS) is 12.9. The van der Waals surface area contributed by atoms with E-state index in [2.05, 4.69) is 77.1 Å². The van der Waals surface area contributed by atoms with Crippen LogP contribution in [0.2, 0.25) is 0 Å². The lowest BCUT2D eigenvalue weighted by molar-refractivity contribution is 0.0964. The first-order valence-corrected chi connectivity index (χ1v) is 13.2. The van der Waals surface area contributed by atoms with Crippen LogP contribution in [0, 0.1) is 0 Å². The fourth-order valence-corrected chi connectivity index (χ4v) is 4.80. The Labute approximate surface area is 230 Å². The number of anilines is 4. The van der Waals surface area contributed by atoms with Gasteiger partial charge < -0.3 is 20.7 Å². The van der Waals surface area contributed by atoms with Gasteiger partial charge in [-0.2, -0.15) is 4.98 Å². The van der Waals surface area contributed by atoms with Gasteiger partial charge in [0.2, 0.25) is 5.95 Å². The summed E-state index contributed by atoms with van der Waals surface area (Å²) in [7, 11) is 3.30. The first-order chi connectivity index (χ1) is 18.5. The first-order valence-electron chi connectivity index (χ1n) is 12.4. The molecule has 3 aromatic carbocycles. The fraction of sp³-hybridized carbons (Fsp3) is 0.207. The van der Waals surface area contributed by atoms with E-state index in [1.165, 1.54) is 16.7 Å². The molecule has 194 valence electrons. The minimum Gasteiger partial charge on any atom is -0.497 e. The minimum atomic E-state index is -0.174. The number of carbonyl (C=O) groups is 1. The van der Waals surface area contributed by atoms with Crippen molar-refractivity contribution in [3.63, 3.8) is 0 Å². The topological polar surface area (TPSA) is 91.4 Å². The highest BCUT2D eigenvalue weighted by atomic mass is 79.9. The number of nitrogens with one attached hydrogen (secondary N) is 3. The molecular weight excluding hydrogens is 544 g/mol. The van der Waals surface area contributed by atoms with E-state index < -0.39 is 0 Å². The van der Waals surface area contributed by atoms with Crippen molar-refractivity contribution in [1.29, 1.82) is 0 Å². The second kappa shape index (κ2) is 11.6. The number of carbonyl (C=O) groups excluding carboxylic acids is 1. The van der Waals surface area contributed by atoms with E-state index in [9.17, 15) is 4.79 Å². The molecule has 0 bridgehead atoms. The molecule has 3 N–H and O–H groups in total. The lowest BCUT2D eigenvalue weighted by Gasteiger charge is -2.29. The Bertz CT molecular complexity index is 1440. The van der Waals surface area contributed by atoms with Crippen molar-refractivity contribution >= 4 is 45.0 Å². The molecule has 5 rings (SSSR count). The number of rotatable bonds is 8. The second-order valence-electron chi connectivity index (χ2n) is 9.06. The van der Waals surface area contributed by atoms with E-state index in [0.29, 0.717) is 27.5 Å². The molecule has 1 aliphatic rings. The predicted molar refractivity (Wildman–Crippen MR) is 153 cm³/mol. The van der Waals surface area contributed by atoms with Gasteiger partial charge >= 0.3 is 0 Å². The second-order valence-corrected chi connectivity index (χ2v) is 9.91. The van der Waals surface area contributed by atoms with Gasteiger partial charge in [-0.3, -0.25) is 9.69 Å².